The Morgan fingerprint density at radius 3 is 3.00 bits per heavy atom. The quantitative estimate of drug-likeness (QED) is 0.826. The summed E-state index contributed by atoms with van der Waals surface area (Å²) in [5, 5.41) is 1.46. The van der Waals surface area contributed by atoms with E-state index >= 15 is 0 Å². The van der Waals surface area contributed by atoms with E-state index in [0.29, 0.717) is 5.22 Å². The molecule has 0 aliphatic heterocycles. The molecular weight excluding hydrogens is 198 g/mol. The number of hydrogen-bond acceptors (Lipinski definition) is 2. The third-order valence-corrected chi connectivity index (χ3v) is 2.32. The van der Waals surface area contributed by atoms with Crippen LogP contribution in [-0.4, -0.2) is 6.04 Å². The van der Waals surface area contributed by atoms with Crippen LogP contribution in [0.1, 0.15) is 12.5 Å². The lowest BCUT2D eigenvalue weighted by Gasteiger charge is -2.04. The predicted molar refractivity (Wildman–Crippen MR) is 58.6 cm³/mol. The van der Waals surface area contributed by atoms with Crippen LogP contribution in [0.4, 0.5) is 0 Å². The topological polar surface area (TPSA) is 39.2 Å². The van der Waals surface area contributed by atoms with Crippen molar-refractivity contribution in [1.82, 2.24) is 0 Å². The summed E-state index contributed by atoms with van der Waals surface area (Å²) in [4.78, 5) is 0. The molecule has 0 amide bonds. The molecule has 0 aliphatic rings. The van der Waals surface area contributed by atoms with E-state index in [1.165, 1.54) is 0 Å². The summed E-state index contributed by atoms with van der Waals surface area (Å²) in [7, 11) is 0. The van der Waals surface area contributed by atoms with Crippen molar-refractivity contribution in [2.45, 2.75) is 19.4 Å². The molecule has 0 spiro atoms. The van der Waals surface area contributed by atoms with E-state index in [2.05, 4.69) is 0 Å². The highest BCUT2D eigenvalue weighted by Gasteiger charge is 2.07. The number of halogens is 1. The van der Waals surface area contributed by atoms with Gasteiger partial charge in [0, 0.05) is 17.5 Å². The second kappa shape index (κ2) is 3.64. The predicted octanol–water partition coefficient (Wildman–Crippen LogP) is 2.98. The molecule has 2 N–H and O–H groups in total. The first-order valence-electron chi connectivity index (χ1n) is 4.59. The van der Waals surface area contributed by atoms with E-state index in [-0.39, 0.29) is 6.04 Å². The van der Waals surface area contributed by atoms with Gasteiger partial charge in [-0.15, -0.1) is 0 Å². The molecule has 1 unspecified atom stereocenters. The molecule has 1 aromatic carbocycles. The summed E-state index contributed by atoms with van der Waals surface area (Å²) in [6.07, 6.45) is 0.807. The van der Waals surface area contributed by atoms with Crippen LogP contribution in [-0.2, 0) is 6.42 Å². The second-order valence-electron chi connectivity index (χ2n) is 3.57. The molecule has 0 saturated carbocycles. The maximum absolute atomic E-state index is 5.79. The van der Waals surface area contributed by atoms with Gasteiger partial charge >= 0.3 is 0 Å². The fourth-order valence-corrected chi connectivity index (χ4v) is 1.79. The molecule has 1 aromatic heterocycles. The molecule has 0 radical (unpaired) electrons. The van der Waals surface area contributed by atoms with Crippen molar-refractivity contribution in [3.05, 3.63) is 35.0 Å². The van der Waals surface area contributed by atoms with Gasteiger partial charge in [0.2, 0.25) is 0 Å². The molecule has 14 heavy (non-hydrogen) atoms. The first-order valence-corrected chi connectivity index (χ1v) is 4.97. The Morgan fingerprint density at radius 1 is 1.50 bits per heavy atom. The maximum atomic E-state index is 5.79. The lowest BCUT2D eigenvalue weighted by atomic mass is 10.1. The van der Waals surface area contributed by atoms with Crippen molar-refractivity contribution in [3.8, 4) is 0 Å². The molecule has 0 saturated heterocycles. The van der Waals surface area contributed by atoms with E-state index in [4.69, 9.17) is 21.8 Å². The number of nitrogens with two attached hydrogens (primary N) is 1. The van der Waals surface area contributed by atoms with Crippen molar-refractivity contribution in [3.63, 3.8) is 0 Å². The lowest BCUT2D eigenvalue weighted by molar-refractivity contribution is 0.608. The number of benzene rings is 1. The van der Waals surface area contributed by atoms with Gasteiger partial charge in [0.1, 0.15) is 5.58 Å². The molecule has 2 aromatic rings. The zero-order chi connectivity index (χ0) is 10.1. The van der Waals surface area contributed by atoms with Crippen LogP contribution < -0.4 is 5.73 Å². The Bertz CT molecular complexity index is 447. The molecule has 1 atom stereocenters. The second-order valence-corrected chi connectivity index (χ2v) is 3.94. The average molecular weight is 210 g/mol. The van der Waals surface area contributed by atoms with Gasteiger partial charge in [0.15, 0.2) is 5.22 Å². The minimum absolute atomic E-state index is 0.129. The molecule has 0 bridgehead atoms. The fourth-order valence-electron chi connectivity index (χ4n) is 1.60. The van der Waals surface area contributed by atoms with Gasteiger partial charge in [-0.1, -0.05) is 18.2 Å². The van der Waals surface area contributed by atoms with Gasteiger partial charge in [-0.3, -0.25) is 0 Å². The van der Waals surface area contributed by atoms with Gasteiger partial charge in [-0.2, -0.15) is 0 Å². The van der Waals surface area contributed by atoms with Crippen molar-refractivity contribution in [1.29, 1.82) is 0 Å². The van der Waals surface area contributed by atoms with Gasteiger partial charge in [-0.05, 0) is 30.5 Å². The highest BCUT2D eigenvalue weighted by atomic mass is 35.5. The van der Waals surface area contributed by atoms with Gasteiger partial charge < -0.3 is 10.2 Å². The minimum atomic E-state index is 0.129. The molecule has 3 heteroatoms. The Labute approximate surface area is 87.6 Å². The standard InChI is InChI=1S/C11H12ClNO/c1-7(13)5-8-3-2-4-9-6-10(12)14-11(8)9/h2-4,6-7H,5,13H2,1H3. The number of fused-ring (bicyclic) bond motifs is 1. The van der Waals surface area contributed by atoms with E-state index in [1.807, 2.05) is 31.2 Å². The van der Waals surface area contributed by atoms with Crippen molar-refractivity contribution >= 4 is 22.6 Å². The van der Waals surface area contributed by atoms with Crippen LogP contribution in [0.15, 0.2) is 28.7 Å². The van der Waals surface area contributed by atoms with Crippen LogP contribution in [0.5, 0.6) is 0 Å². The summed E-state index contributed by atoms with van der Waals surface area (Å²) in [6, 6.07) is 7.94. The number of furan rings is 1. The largest absolute Gasteiger partial charge is 0.444 e. The van der Waals surface area contributed by atoms with Gasteiger partial charge in [0.25, 0.3) is 0 Å². The Balaban J connectivity index is 2.53. The van der Waals surface area contributed by atoms with Crippen molar-refractivity contribution < 1.29 is 4.42 Å². The molecule has 74 valence electrons. The lowest BCUT2D eigenvalue weighted by Crippen LogP contribution is -2.17. The van der Waals surface area contributed by atoms with Crippen LogP contribution in [0, 0.1) is 0 Å². The molecule has 0 fully saturated rings. The fraction of sp³-hybridized carbons (Fsp3) is 0.273. The summed E-state index contributed by atoms with van der Waals surface area (Å²) in [5.41, 5.74) is 7.72. The summed E-state index contributed by atoms with van der Waals surface area (Å²) < 4.78 is 5.41. The summed E-state index contributed by atoms with van der Waals surface area (Å²) in [6.45, 7) is 1.98. The van der Waals surface area contributed by atoms with E-state index in [1.54, 1.807) is 0 Å². The monoisotopic (exact) mass is 209 g/mol. The summed E-state index contributed by atoms with van der Waals surface area (Å²) in [5.74, 6) is 0. The third kappa shape index (κ3) is 1.76. The molecule has 2 nitrogen and oxygen atoms in total. The van der Waals surface area contributed by atoms with Crippen molar-refractivity contribution in [2.24, 2.45) is 5.73 Å². The zero-order valence-electron chi connectivity index (χ0n) is 7.96. The molecular formula is C11H12ClNO. The van der Waals surface area contributed by atoms with E-state index < -0.39 is 0 Å². The van der Waals surface area contributed by atoms with Crippen LogP contribution in [0.3, 0.4) is 0 Å². The zero-order valence-corrected chi connectivity index (χ0v) is 8.71. The highest BCUT2D eigenvalue weighted by Crippen LogP contribution is 2.26. The van der Waals surface area contributed by atoms with Gasteiger partial charge in [0.05, 0.1) is 0 Å². The minimum Gasteiger partial charge on any atom is -0.444 e. The third-order valence-electron chi connectivity index (χ3n) is 2.14. The van der Waals surface area contributed by atoms with Gasteiger partial charge in [-0.25, -0.2) is 0 Å². The Hall–Kier alpha value is -0.990. The molecule has 0 aliphatic carbocycles. The smallest absolute Gasteiger partial charge is 0.194 e. The maximum Gasteiger partial charge on any atom is 0.194 e. The highest BCUT2D eigenvalue weighted by molar-refractivity contribution is 6.29. The Kier molecular flexibility index (Phi) is 2.48. The van der Waals surface area contributed by atoms with E-state index in [9.17, 15) is 0 Å². The first kappa shape index (κ1) is 9.56. The number of hydrogen-bond donors (Lipinski definition) is 1. The van der Waals surface area contributed by atoms with Crippen molar-refractivity contribution in [2.75, 3.05) is 0 Å². The molecule has 1 heterocycles. The number of para-hydroxylation sites is 1. The van der Waals surface area contributed by atoms with Crippen LogP contribution in [0.2, 0.25) is 5.22 Å². The van der Waals surface area contributed by atoms with Crippen LogP contribution >= 0.6 is 11.6 Å². The van der Waals surface area contributed by atoms with E-state index in [0.717, 1.165) is 23.0 Å². The summed E-state index contributed by atoms with van der Waals surface area (Å²) >= 11 is 5.79. The Morgan fingerprint density at radius 2 is 2.29 bits per heavy atom. The molecule has 2 rings (SSSR count). The SMILES string of the molecule is CC(N)Cc1cccc2cc(Cl)oc12. The first-order chi connectivity index (χ1) is 6.66. The van der Waals surface area contributed by atoms with Crippen LogP contribution in [0.25, 0.3) is 11.0 Å². The number of rotatable bonds is 2. The average Bonchev–Trinajstić information content (AvgIpc) is 2.45. The normalized spacial score (nSPS) is 13.4.